The number of imidazole rings is 2. The van der Waals surface area contributed by atoms with Crippen LogP contribution in [0.2, 0.25) is 5.02 Å². The average Bonchev–Trinajstić information content (AvgIpc) is 3.26. The number of nitrogens with one attached hydrogen (secondary N) is 1. The van der Waals surface area contributed by atoms with Crippen LogP contribution < -0.4 is 0 Å². The maximum absolute atomic E-state index is 6.12. The van der Waals surface area contributed by atoms with Crippen LogP contribution in [0.3, 0.4) is 0 Å². The lowest BCUT2D eigenvalue weighted by Crippen LogP contribution is -2.08. The van der Waals surface area contributed by atoms with Crippen LogP contribution in [0, 0.1) is 6.92 Å². The molecule has 1 aromatic carbocycles. The fourth-order valence-electron chi connectivity index (χ4n) is 3.37. The molecule has 3 aromatic rings. The molecule has 4 nitrogen and oxygen atoms in total. The van der Waals surface area contributed by atoms with Crippen LogP contribution in [0.15, 0.2) is 47.2 Å². The zero-order valence-corrected chi connectivity index (χ0v) is 19.8. The lowest BCUT2D eigenvalue weighted by Gasteiger charge is -2.11. The molecule has 158 valence electrons. The van der Waals surface area contributed by atoms with Crippen molar-refractivity contribution >= 4 is 41.0 Å². The molecule has 0 bridgehead atoms. The lowest BCUT2D eigenvalue weighted by atomic mass is 10.0. The number of aryl methyl sites for hydroxylation is 2. The van der Waals surface area contributed by atoms with Gasteiger partial charge in [0.2, 0.25) is 0 Å². The maximum atomic E-state index is 6.12. The second kappa shape index (κ2) is 10.4. The fraction of sp³-hybridized carbons (Fsp3) is 0.304. The van der Waals surface area contributed by atoms with Crippen LogP contribution in [0.4, 0.5) is 0 Å². The molecular formula is C23H26Cl2N4S. The van der Waals surface area contributed by atoms with Gasteiger partial charge in [0.1, 0.15) is 5.82 Å². The van der Waals surface area contributed by atoms with Crippen LogP contribution in [-0.2, 0) is 19.4 Å². The van der Waals surface area contributed by atoms with Crippen molar-refractivity contribution in [2.45, 2.75) is 44.8 Å². The van der Waals surface area contributed by atoms with Gasteiger partial charge in [-0.15, -0.1) is 0 Å². The van der Waals surface area contributed by atoms with Crippen molar-refractivity contribution in [3.05, 3.63) is 81.1 Å². The number of benzene rings is 1. The molecule has 0 amide bonds. The molecule has 0 radical (unpaired) electrons. The van der Waals surface area contributed by atoms with E-state index in [-0.39, 0.29) is 0 Å². The summed E-state index contributed by atoms with van der Waals surface area (Å²) >= 11 is 13.7. The van der Waals surface area contributed by atoms with Gasteiger partial charge in [-0.2, -0.15) is 0 Å². The monoisotopic (exact) mass is 460 g/mol. The van der Waals surface area contributed by atoms with Gasteiger partial charge in [0, 0.05) is 34.1 Å². The van der Waals surface area contributed by atoms with Crippen molar-refractivity contribution in [1.29, 1.82) is 0 Å². The Labute approximate surface area is 192 Å². The molecule has 0 saturated carbocycles. The van der Waals surface area contributed by atoms with Gasteiger partial charge in [-0.05, 0) is 55.0 Å². The smallest absolute Gasteiger partial charge is 0.168 e. The van der Waals surface area contributed by atoms with Crippen molar-refractivity contribution in [2.24, 2.45) is 0 Å². The summed E-state index contributed by atoms with van der Waals surface area (Å²) in [7, 11) is 0. The predicted octanol–water partition coefficient (Wildman–Crippen LogP) is 6.65. The van der Waals surface area contributed by atoms with Crippen LogP contribution in [0.1, 0.15) is 47.4 Å². The topological polar surface area (TPSA) is 46.5 Å². The van der Waals surface area contributed by atoms with Gasteiger partial charge < -0.3 is 9.55 Å². The number of aromatic nitrogens is 4. The summed E-state index contributed by atoms with van der Waals surface area (Å²) in [5.41, 5.74) is 5.59. The number of nitrogens with zero attached hydrogens (tertiary/aromatic N) is 3. The molecule has 0 aliphatic carbocycles. The predicted molar refractivity (Wildman–Crippen MR) is 129 cm³/mol. The first-order valence-electron chi connectivity index (χ1n) is 9.85. The van der Waals surface area contributed by atoms with E-state index in [1.165, 1.54) is 11.1 Å². The Bertz CT molecular complexity index is 1070. The second-order valence-electron chi connectivity index (χ2n) is 7.15. The number of thioether (sulfide) groups is 1. The Balaban J connectivity index is 1.91. The number of aromatic amines is 1. The summed E-state index contributed by atoms with van der Waals surface area (Å²) in [6, 6.07) is 6.02. The molecule has 1 N–H and O–H groups in total. The minimum Gasteiger partial charge on any atom is -0.344 e. The number of allylic oxidation sites excluding steroid dienone is 2. The third-order valence-corrected chi connectivity index (χ3v) is 5.90. The molecule has 2 heterocycles. The quantitative estimate of drug-likeness (QED) is 0.287. The van der Waals surface area contributed by atoms with E-state index in [4.69, 9.17) is 28.2 Å². The van der Waals surface area contributed by atoms with Crippen LogP contribution >= 0.6 is 35.0 Å². The second-order valence-corrected chi connectivity index (χ2v) is 8.84. The summed E-state index contributed by atoms with van der Waals surface area (Å²) in [5.74, 6) is 0.903. The van der Waals surface area contributed by atoms with Crippen molar-refractivity contribution in [2.75, 3.05) is 6.26 Å². The van der Waals surface area contributed by atoms with E-state index in [9.17, 15) is 0 Å². The molecule has 0 aliphatic rings. The first kappa shape index (κ1) is 22.7. The summed E-state index contributed by atoms with van der Waals surface area (Å²) in [4.78, 5) is 12.9. The molecule has 0 aliphatic heterocycles. The highest BCUT2D eigenvalue weighted by Gasteiger charge is 2.15. The molecule has 0 atom stereocenters. The van der Waals surface area contributed by atoms with Crippen LogP contribution in [0.5, 0.6) is 0 Å². The van der Waals surface area contributed by atoms with Gasteiger partial charge in [-0.25, -0.2) is 9.97 Å². The average molecular weight is 461 g/mol. The number of rotatable bonds is 9. The van der Waals surface area contributed by atoms with Crippen molar-refractivity contribution in [3.63, 3.8) is 0 Å². The molecule has 0 fully saturated rings. The highest BCUT2D eigenvalue weighted by Crippen LogP contribution is 2.23. The standard InChI is InChI=1S/C23H26Cl2N4S/c1-5-6-20-21(10-7-16(3)24)28-22(27-20)14-29-19(13-26-23(29)30-4)12-17-8-9-18(25)11-15(17)2/h7-11,13H,3,5-6,12,14H2,1-2,4H3,(H,27,28)/b10-7-. The van der Waals surface area contributed by atoms with Gasteiger partial charge in [0.15, 0.2) is 5.16 Å². The van der Waals surface area contributed by atoms with E-state index in [0.29, 0.717) is 11.6 Å². The van der Waals surface area contributed by atoms with Gasteiger partial charge >= 0.3 is 0 Å². The minimum absolute atomic E-state index is 0.488. The van der Waals surface area contributed by atoms with E-state index in [1.807, 2.05) is 30.7 Å². The normalized spacial score (nSPS) is 11.5. The Hall–Kier alpha value is -1.95. The fourth-order valence-corrected chi connectivity index (χ4v) is 4.22. The Morgan fingerprint density at radius 2 is 2.17 bits per heavy atom. The van der Waals surface area contributed by atoms with Crippen LogP contribution in [0.25, 0.3) is 6.08 Å². The third-order valence-electron chi connectivity index (χ3n) is 4.85. The zero-order valence-electron chi connectivity index (χ0n) is 17.5. The van der Waals surface area contributed by atoms with Crippen molar-refractivity contribution in [3.8, 4) is 0 Å². The Morgan fingerprint density at radius 1 is 1.37 bits per heavy atom. The molecule has 0 unspecified atom stereocenters. The summed E-state index contributed by atoms with van der Waals surface area (Å²) in [6.07, 6.45) is 10.4. The molecule has 7 heteroatoms. The number of H-pyrrole nitrogens is 1. The van der Waals surface area contributed by atoms with Gasteiger partial charge in [-0.1, -0.05) is 61.0 Å². The van der Waals surface area contributed by atoms with E-state index in [1.54, 1.807) is 17.8 Å². The highest BCUT2D eigenvalue weighted by molar-refractivity contribution is 7.98. The maximum Gasteiger partial charge on any atom is 0.168 e. The Kier molecular flexibility index (Phi) is 7.87. The lowest BCUT2D eigenvalue weighted by molar-refractivity contribution is 0.653. The Morgan fingerprint density at radius 3 is 2.83 bits per heavy atom. The van der Waals surface area contributed by atoms with Crippen LogP contribution in [-0.4, -0.2) is 25.8 Å². The largest absolute Gasteiger partial charge is 0.344 e. The van der Waals surface area contributed by atoms with E-state index < -0.39 is 0 Å². The van der Waals surface area contributed by atoms with Gasteiger partial charge in [0.05, 0.1) is 12.2 Å². The first-order chi connectivity index (χ1) is 14.4. The molecule has 0 saturated heterocycles. The van der Waals surface area contributed by atoms with E-state index in [0.717, 1.165) is 52.3 Å². The zero-order chi connectivity index (χ0) is 21.7. The first-order valence-corrected chi connectivity index (χ1v) is 11.8. The van der Waals surface area contributed by atoms with Gasteiger partial charge in [-0.3, -0.25) is 0 Å². The minimum atomic E-state index is 0.488. The molecular weight excluding hydrogens is 435 g/mol. The number of hydrogen-bond donors (Lipinski definition) is 1. The SMILES string of the molecule is C=C(Cl)/C=C\c1nc(Cn2c(Cc3ccc(Cl)cc3C)cnc2SC)[nH]c1CCC. The van der Waals surface area contributed by atoms with Crippen molar-refractivity contribution < 1.29 is 0 Å². The number of halogens is 2. The summed E-state index contributed by atoms with van der Waals surface area (Å²) in [5, 5.41) is 2.21. The van der Waals surface area contributed by atoms with E-state index in [2.05, 4.69) is 41.0 Å². The molecule has 2 aromatic heterocycles. The highest BCUT2D eigenvalue weighted by atomic mass is 35.5. The number of hydrogen-bond acceptors (Lipinski definition) is 3. The van der Waals surface area contributed by atoms with E-state index >= 15 is 0 Å². The molecule has 30 heavy (non-hydrogen) atoms. The van der Waals surface area contributed by atoms with Gasteiger partial charge in [0.25, 0.3) is 0 Å². The molecule has 3 rings (SSSR count). The van der Waals surface area contributed by atoms with Crippen molar-refractivity contribution in [1.82, 2.24) is 19.5 Å². The summed E-state index contributed by atoms with van der Waals surface area (Å²) in [6.45, 7) is 8.59. The third kappa shape index (κ3) is 5.60. The molecule has 0 spiro atoms. The summed E-state index contributed by atoms with van der Waals surface area (Å²) < 4.78 is 2.22.